The third-order valence-corrected chi connectivity index (χ3v) is 5.48. The first-order valence-corrected chi connectivity index (χ1v) is 8.62. The molecule has 3 N–H and O–H groups in total. The molecule has 0 unspecified atom stereocenters. The third-order valence-electron chi connectivity index (χ3n) is 4.12. The lowest BCUT2D eigenvalue weighted by atomic mass is 10.0. The quantitative estimate of drug-likeness (QED) is 0.435. The number of fused-ring (bicyclic) bond motifs is 1. The van der Waals surface area contributed by atoms with Gasteiger partial charge in [0.05, 0.1) is 20.8 Å². The van der Waals surface area contributed by atoms with Crippen molar-refractivity contribution in [2.24, 2.45) is 5.73 Å². The molecule has 1 saturated heterocycles. The van der Waals surface area contributed by atoms with Crippen molar-refractivity contribution >= 4 is 35.6 Å². The summed E-state index contributed by atoms with van der Waals surface area (Å²) in [5, 5.41) is 16.5. The molecule has 27 heavy (non-hydrogen) atoms. The molecule has 12 nitrogen and oxygen atoms in total. The molecular formula is C14H15N5O7S. The summed E-state index contributed by atoms with van der Waals surface area (Å²) >= 11 is 1.30. The van der Waals surface area contributed by atoms with Gasteiger partial charge >= 0.3 is 17.9 Å². The summed E-state index contributed by atoms with van der Waals surface area (Å²) in [6.45, 7) is -0.186. The highest BCUT2D eigenvalue weighted by Crippen LogP contribution is 2.39. The number of thioether (sulfide) groups is 1. The van der Waals surface area contributed by atoms with Crippen LogP contribution in [0.3, 0.4) is 0 Å². The summed E-state index contributed by atoms with van der Waals surface area (Å²) in [4.78, 5) is 48.7. The van der Waals surface area contributed by atoms with Crippen molar-refractivity contribution in [3.63, 3.8) is 0 Å². The van der Waals surface area contributed by atoms with Gasteiger partial charge in [-0.25, -0.2) is 19.1 Å². The van der Waals surface area contributed by atoms with E-state index in [0.717, 1.165) is 23.8 Å². The van der Waals surface area contributed by atoms with Crippen LogP contribution in [0.4, 0.5) is 0 Å². The smallest absolute Gasteiger partial charge is 0.361 e. The maximum absolute atomic E-state index is 12.1. The van der Waals surface area contributed by atoms with Crippen molar-refractivity contribution in [2.45, 2.75) is 18.0 Å². The Labute approximate surface area is 156 Å². The zero-order chi connectivity index (χ0) is 19.9. The summed E-state index contributed by atoms with van der Waals surface area (Å²) in [7, 11) is 2.23. The minimum absolute atomic E-state index is 0.186. The fraction of sp³-hybridized carbons (Fsp3) is 0.429. The summed E-state index contributed by atoms with van der Waals surface area (Å²) in [6, 6.07) is -0.756. The number of hydrogen-bond acceptors (Lipinski definition) is 10. The molecule has 2 aliphatic rings. The number of nitrogens with two attached hydrogens (primary N) is 1. The number of methoxy groups -OCH3 is 2. The van der Waals surface area contributed by atoms with Gasteiger partial charge in [0.2, 0.25) is 11.6 Å². The standard InChI is InChI=1S/C14H15N5O7S/c1-25-13(23)7-9(14(24)26-2)18(17-16-7)3-5-4-27-11-6(15)10(20)19(11)8(5)12(21)22/h6,11H,3-4,15H2,1-2H3,(H,21,22)/t6-,11-/m1/s1. The van der Waals surface area contributed by atoms with Crippen LogP contribution in [0.5, 0.6) is 0 Å². The zero-order valence-electron chi connectivity index (χ0n) is 14.2. The fourth-order valence-electron chi connectivity index (χ4n) is 2.84. The Hall–Kier alpha value is -2.93. The summed E-state index contributed by atoms with van der Waals surface area (Å²) < 4.78 is 10.3. The van der Waals surface area contributed by atoms with Crippen molar-refractivity contribution in [2.75, 3.05) is 20.0 Å². The van der Waals surface area contributed by atoms with Gasteiger partial charge in [0.25, 0.3) is 0 Å². The summed E-state index contributed by atoms with van der Waals surface area (Å²) in [6.07, 6.45) is 0. The molecule has 13 heteroatoms. The van der Waals surface area contributed by atoms with E-state index in [9.17, 15) is 24.3 Å². The molecule has 2 atom stereocenters. The Morgan fingerprint density at radius 1 is 1.30 bits per heavy atom. The average Bonchev–Trinajstić information content (AvgIpc) is 3.08. The first-order chi connectivity index (χ1) is 12.8. The predicted molar refractivity (Wildman–Crippen MR) is 88.4 cm³/mol. The molecule has 0 aliphatic carbocycles. The number of carbonyl (C=O) groups is 4. The lowest BCUT2D eigenvalue weighted by Gasteiger charge is -2.48. The number of aliphatic carboxylic acids is 1. The van der Waals surface area contributed by atoms with E-state index in [-0.39, 0.29) is 29.4 Å². The highest BCUT2D eigenvalue weighted by Gasteiger charge is 2.51. The number of esters is 2. The number of rotatable bonds is 5. The number of carboxylic acid groups (broad SMARTS) is 1. The molecular weight excluding hydrogens is 382 g/mol. The molecule has 0 bridgehead atoms. The van der Waals surface area contributed by atoms with Gasteiger partial charge < -0.3 is 20.3 Å². The predicted octanol–water partition coefficient (Wildman–Crippen LogP) is -1.57. The van der Waals surface area contributed by atoms with E-state index >= 15 is 0 Å². The maximum atomic E-state index is 12.1. The molecule has 0 radical (unpaired) electrons. The molecule has 144 valence electrons. The van der Waals surface area contributed by atoms with Gasteiger partial charge in [-0.3, -0.25) is 9.69 Å². The average molecular weight is 397 g/mol. The summed E-state index contributed by atoms with van der Waals surface area (Å²) in [5.74, 6) is -3.33. The van der Waals surface area contributed by atoms with Gasteiger partial charge in [-0.15, -0.1) is 16.9 Å². The number of carbonyl (C=O) groups excluding carboxylic acids is 3. The van der Waals surface area contributed by atoms with Crippen LogP contribution >= 0.6 is 11.8 Å². The molecule has 1 aromatic heterocycles. The lowest BCUT2D eigenvalue weighted by Crippen LogP contribution is -2.68. The molecule has 2 aliphatic heterocycles. The van der Waals surface area contributed by atoms with Crippen LogP contribution in [-0.2, 0) is 25.6 Å². The van der Waals surface area contributed by atoms with Crippen molar-refractivity contribution in [1.82, 2.24) is 19.9 Å². The number of β-lactam (4-membered cyclic amide) rings is 1. The van der Waals surface area contributed by atoms with Crippen molar-refractivity contribution in [3.8, 4) is 0 Å². The molecule has 1 fully saturated rings. The zero-order valence-corrected chi connectivity index (χ0v) is 15.1. The van der Waals surface area contributed by atoms with Crippen LogP contribution < -0.4 is 5.73 Å². The highest BCUT2D eigenvalue weighted by atomic mass is 32.2. The van der Waals surface area contributed by atoms with E-state index < -0.39 is 35.2 Å². The number of aromatic nitrogens is 3. The van der Waals surface area contributed by atoms with E-state index in [1.165, 1.54) is 11.8 Å². The van der Waals surface area contributed by atoms with Crippen molar-refractivity contribution in [1.29, 1.82) is 0 Å². The largest absolute Gasteiger partial charge is 0.477 e. The van der Waals surface area contributed by atoms with Gasteiger partial charge in [0.1, 0.15) is 17.1 Å². The van der Waals surface area contributed by atoms with Crippen LogP contribution in [0.1, 0.15) is 21.0 Å². The SMILES string of the molecule is COC(=O)c1nnn(CC2=C(C(=O)O)N3C(=O)[C@@H](N)[C@H]3SC2)c1C(=O)OC. The Kier molecular flexibility index (Phi) is 4.89. The molecule has 3 rings (SSSR count). The highest BCUT2D eigenvalue weighted by molar-refractivity contribution is 8.00. The molecule has 1 amide bonds. The first kappa shape index (κ1) is 18.8. The van der Waals surface area contributed by atoms with Crippen LogP contribution in [0.15, 0.2) is 11.3 Å². The van der Waals surface area contributed by atoms with Gasteiger partial charge in [-0.1, -0.05) is 5.21 Å². The molecule has 0 aromatic carbocycles. The molecule has 3 heterocycles. The number of ether oxygens (including phenoxy) is 2. The Morgan fingerprint density at radius 3 is 2.56 bits per heavy atom. The van der Waals surface area contributed by atoms with E-state index in [1.54, 1.807) is 0 Å². The van der Waals surface area contributed by atoms with E-state index in [4.69, 9.17) is 5.73 Å². The van der Waals surface area contributed by atoms with Gasteiger partial charge in [-0.2, -0.15) is 0 Å². The number of hydrogen-bond donors (Lipinski definition) is 2. The third kappa shape index (κ3) is 2.94. The number of nitrogens with zero attached hydrogens (tertiary/aromatic N) is 4. The monoisotopic (exact) mass is 397 g/mol. The van der Waals surface area contributed by atoms with Crippen LogP contribution in [0.2, 0.25) is 0 Å². The van der Waals surface area contributed by atoms with Crippen LogP contribution in [0, 0.1) is 0 Å². The molecule has 0 spiro atoms. The van der Waals surface area contributed by atoms with Crippen LogP contribution in [-0.4, -0.2) is 80.2 Å². The summed E-state index contributed by atoms with van der Waals surface area (Å²) in [5.41, 5.74) is 5.17. The fourth-order valence-corrected chi connectivity index (χ4v) is 4.12. The second kappa shape index (κ2) is 7.00. The van der Waals surface area contributed by atoms with Gasteiger partial charge in [-0.05, 0) is 5.57 Å². The Morgan fingerprint density at radius 2 is 1.96 bits per heavy atom. The van der Waals surface area contributed by atoms with Crippen molar-refractivity contribution in [3.05, 3.63) is 22.7 Å². The van der Waals surface area contributed by atoms with E-state index in [2.05, 4.69) is 19.8 Å². The Balaban J connectivity index is 2.02. The van der Waals surface area contributed by atoms with E-state index in [1.807, 2.05) is 0 Å². The molecule has 1 aromatic rings. The lowest BCUT2D eigenvalue weighted by molar-refractivity contribution is -0.148. The second-order valence-electron chi connectivity index (χ2n) is 5.62. The second-order valence-corrected chi connectivity index (χ2v) is 6.73. The van der Waals surface area contributed by atoms with E-state index in [0.29, 0.717) is 5.57 Å². The number of amides is 1. The molecule has 0 saturated carbocycles. The van der Waals surface area contributed by atoms with Crippen LogP contribution in [0.25, 0.3) is 0 Å². The van der Waals surface area contributed by atoms with Gasteiger partial charge in [0, 0.05) is 5.75 Å². The minimum atomic E-state index is -1.30. The number of carboxylic acids is 1. The van der Waals surface area contributed by atoms with Crippen molar-refractivity contribution < 1.29 is 33.8 Å². The Bertz CT molecular complexity index is 879. The minimum Gasteiger partial charge on any atom is -0.477 e. The maximum Gasteiger partial charge on any atom is 0.361 e. The topological polar surface area (TPSA) is 167 Å². The normalized spacial score (nSPS) is 21.4. The first-order valence-electron chi connectivity index (χ1n) is 7.57. The van der Waals surface area contributed by atoms with Gasteiger partial charge in [0.15, 0.2) is 5.69 Å².